The van der Waals surface area contributed by atoms with Gasteiger partial charge in [-0.3, -0.25) is 4.79 Å². The van der Waals surface area contributed by atoms with Crippen molar-refractivity contribution in [3.05, 3.63) is 30.1 Å². The van der Waals surface area contributed by atoms with Crippen molar-refractivity contribution in [2.75, 3.05) is 25.0 Å². The molecule has 1 fully saturated rings. The Morgan fingerprint density at radius 1 is 1.44 bits per heavy atom. The lowest BCUT2D eigenvalue weighted by molar-refractivity contribution is -0.132. The number of carbonyl (C=O) groups is 1. The van der Waals surface area contributed by atoms with Crippen molar-refractivity contribution in [3.8, 4) is 6.07 Å². The number of rotatable bonds is 2. The number of halogens is 1. The van der Waals surface area contributed by atoms with Crippen molar-refractivity contribution < 1.29 is 9.18 Å². The molecule has 1 aliphatic heterocycles. The number of carbonyl (C=O) groups excluding carboxylic acids is 1. The van der Waals surface area contributed by atoms with Crippen molar-refractivity contribution in [2.45, 2.75) is 12.5 Å². The van der Waals surface area contributed by atoms with Gasteiger partial charge in [-0.15, -0.1) is 0 Å². The van der Waals surface area contributed by atoms with Crippen molar-refractivity contribution in [1.29, 1.82) is 5.26 Å². The Balaban J connectivity index is 2.34. The lowest BCUT2D eigenvalue weighted by Crippen LogP contribution is -2.56. The second kappa shape index (κ2) is 5.05. The second-order valence-corrected chi connectivity index (χ2v) is 4.28. The van der Waals surface area contributed by atoms with Crippen molar-refractivity contribution in [1.82, 2.24) is 4.90 Å². The minimum absolute atomic E-state index is 0.0670. The molecule has 1 atom stereocenters. The average molecular weight is 247 g/mol. The smallest absolute Gasteiger partial charge is 0.246 e. The van der Waals surface area contributed by atoms with Crippen molar-refractivity contribution >= 4 is 11.6 Å². The van der Waals surface area contributed by atoms with E-state index >= 15 is 0 Å². The highest BCUT2D eigenvalue weighted by Crippen LogP contribution is 2.25. The van der Waals surface area contributed by atoms with Crippen LogP contribution in [-0.2, 0) is 4.79 Å². The molecule has 1 aromatic carbocycles. The van der Waals surface area contributed by atoms with E-state index in [-0.39, 0.29) is 18.1 Å². The molecule has 1 saturated heterocycles. The maximum Gasteiger partial charge on any atom is 0.246 e. The Morgan fingerprint density at radius 2 is 2.17 bits per heavy atom. The van der Waals surface area contributed by atoms with Crippen LogP contribution in [0.3, 0.4) is 0 Å². The first-order chi connectivity index (χ1) is 8.65. The van der Waals surface area contributed by atoms with Gasteiger partial charge in [0.1, 0.15) is 11.9 Å². The third-order valence-corrected chi connectivity index (χ3v) is 3.16. The van der Waals surface area contributed by atoms with Crippen LogP contribution in [0.15, 0.2) is 24.3 Å². The summed E-state index contributed by atoms with van der Waals surface area (Å²) >= 11 is 0. The van der Waals surface area contributed by atoms with Gasteiger partial charge in [0.15, 0.2) is 0 Å². The number of piperazine rings is 1. The van der Waals surface area contributed by atoms with E-state index in [2.05, 4.69) is 0 Å². The highest BCUT2D eigenvalue weighted by molar-refractivity contribution is 5.86. The molecule has 0 radical (unpaired) electrons. The summed E-state index contributed by atoms with van der Waals surface area (Å²) in [5, 5.41) is 8.82. The monoisotopic (exact) mass is 247 g/mol. The lowest BCUT2D eigenvalue weighted by Gasteiger charge is -2.39. The maximum atomic E-state index is 13.8. The molecule has 1 aliphatic rings. The number of anilines is 1. The zero-order valence-corrected chi connectivity index (χ0v) is 10.1. The van der Waals surface area contributed by atoms with Gasteiger partial charge in [-0.05, 0) is 12.1 Å². The van der Waals surface area contributed by atoms with E-state index in [1.807, 2.05) is 6.07 Å². The van der Waals surface area contributed by atoms with Gasteiger partial charge >= 0.3 is 0 Å². The summed E-state index contributed by atoms with van der Waals surface area (Å²) in [7, 11) is 1.70. The summed E-state index contributed by atoms with van der Waals surface area (Å²) in [6.07, 6.45) is 0.0670. The Bertz CT molecular complexity index is 497. The molecular formula is C13H14FN3O. The summed E-state index contributed by atoms with van der Waals surface area (Å²) in [5.74, 6) is -0.496. The van der Waals surface area contributed by atoms with Crippen molar-refractivity contribution in [3.63, 3.8) is 0 Å². The molecule has 2 rings (SSSR count). The molecule has 18 heavy (non-hydrogen) atoms. The molecule has 94 valence electrons. The van der Waals surface area contributed by atoms with Gasteiger partial charge in [0.05, 0.1) is 18.2 Å². The SMILES string of the molecule is CN1CCN(c2ccccc2F)C(CC#N)C1=O. The fraction of sp³-hybridized carbons (Fsp3) is 0.385. The van der Waals surface area contributed by atoms with E-state index in [9.17, 15) is 9.18 Å². The highest BCUT2D eigenvalue weighted by Gasteiger charge is 2.33. The maximum absolute atomic E-state index is 13.8. The molecule has 0 bridgehead atoms. The van der Waals surface area contributed by atoms with E-state index in [1.165, 1.54) is 6.07 Å². The molecule has 1 unspecified atom stereocenters. The lowest BCUT2D eigenvalue weighted by atomic mass is 10.1. The molecule has 0 aliphatic carbocycles. The molecule has 5 heteroatoms. The van der Waals surface area contributed by atoms with Gasteiger partial charge in [-0.2, -0.15) is 5.26 Å². The summed E-state index contributed by atoms with van der Waals surface area (Å²) in [5.41, 5.74) is 0.388. The van der Waals surface area contributed by atoms with E-state index in [1.54, 1.807) is 35.0 Å². The van der Waals surface area contributed by atoms with Crippen LogP contribution in [-0.4, -0.2) is 37.0 Å². The standard InChI is InChI=1S/C13H14FN3O/c1-16-8-9-17(12(6-7-15)13(16)18)11-5-3-2-4-10(11)14/h2-5,12H,6,8-9H2,1H3. The van der Waals surface area contributed by atoms with Gasteiger partial charge in [-0.25, -0.2) is 4.39 Å². The number of likely N-dealkylation sites (N-methyl/N-ethyl adjacent to an activating group) is 1. The summed E-state index contributed by atoms with van der Waals surface area (Å²) in [6, 6.07) is 7.74. The quantitative estimate of drug-likeness (QED) is 0.793. The first-order valence-electron chi connectivity index (χ1n) is 5.78. The minimum Gasteiger partial charge on any atom is -0.355 e. The largest absolute Gasteiger partial charge is 0.355 e. The number of benzene rings is 1. The minimum atomic E-state index is -0.592. The van der Waals surface area contributed by atoms with Gasteiger partial charge in [0.25, 0.3) is 0 Å². The number of nitrogens with zero attached hydrogens (tertiary/aromatic N) is 3. The van der Waals surface area contributed by atoms with Crippen LogP contribution in [0.25, 0.3) is 0 Å². The van der Waals surface area contributed by atoms with Crippen LogP contribution >= 0.6 is 0 Å². The molecular weight excluding hydrogens is 233 g/mol. The summed E-state index contributed by atoms with van der Waals surface area (Å²) in [4.78, 5) is 15.3. The van der Waals surface area contributed by atoms with E-state index in [4.69, 9.17) is 5.26 Å². The summed E-state index contributed by atoms with van der Waals surface area (Å²) < 4.78 is 13.8. The molecule has 0 spiro atoms. The second-order valence-electron chi connectivity index (χ2n) is 4.28. The number of hydrogen-bond acceptors (Lipinski definition) is 3. The number of amides is 1. The molecule has 1 heterocycles. The van der Waals surface area contributed by atoms with Gasteiger partial charge in [0, 0.05) is 20.1 Å². The Kier molecular flexibility index (Phi) is 3.47. The van der Waals surface area contributed by atoms with E-state index in [0.29, 0.717) is 18.8 Å². The van der Waals surface area contributed by atoms with Crippen LogP contribution < -0.4 is 4.90 Å². The van der Waals surface area contributed by atoms with E-state index in [0.717, 1.165) is 0 Å². The van der Waals surface area contributed by atoms with E-state index < -0.39 is 6.04 Å². The van der Waals surface area contributed by atoms with Crippen LogP contribution in [0, 0.1) is 17.1 Å². The number of nitriles is 1. The number of hydrogen-bond donors (Lipinski definition) is 0. The first kappa shape index (κ1) is 12.4. The van der Waals surface area contributed by atoms with Crippen LogP contribution in [0.2, 0.25) is 0 Å². The van der Waals surface area contributed by atoms with Crippen LogP contribution in [0.1, 0.15) is 6.42 Å². The highest BCUT2D eigenvalue weighted by atomic mass is 19.1. The Labute approximate surface area is 105 Å². The normalized spacial score (nSPS) is 19.8. The third kappa shape index (κ3) is 2.14. The van der Waals surface area contributed by atoms with Gasteiger partial charge < -0.3 is 9.80 Å². The zero-order valence-electron chi connectivity index (χ0n) is 10.1. The van der Waals surface area contributed by atoms with Gasteiger partial charge in [-0.1, -0.05) is 12.1 Å². The molecule has 1 amide bonds. The molecule has 0 aromatic heterocycles. The Hall–Kier alpha value is -2.09. The predicted octanol–water partition coefficient (Wildman–Crippen LogP) is 1.39. The molecule has 1 aromatic rings. The third-order valence-electron chi connectivity index (χ3n) is 3.16. The first-order valence-corrected chi connectivity index (χ1v) is 5.78. The fourth-order valence-electron chi connectivity index (χ4n) is 2.17. The average Bonchev–Trinajstić information content (AvgIpc) is 2.37. The van der Waals surface area contributed by atoms with Crippen LogP contribution in [0.5, 0.6) is 0 Å². The zero-order chi connectivity index (χ0) is 13.1. The molecule has 0 saturated carbocycles. The summed E-state index contributed by atoms with van der Waals surface area (Å²) in [6.45, 7) is 1.07. The molecule has 4 nitrogen and oxygen atoms in total. The van der Waals surface area contributed by atoms with Gasteiger partial charge in [0.2, 0.25) is 5.91 Å². The predicted molar refractivity (Wildman–Crippen MR) is 65.4 cm³/mol. The number of para-hydroxylation sites is 1. The Morgan fingerprint density at radius 3 is 2.83 bits per heavy atom. The van der Waals surface area contributed by atoms with Crippen LogP contribution in [0.4, 0.5) is 10.1 Å². The fourth-order valence-corrected chi connectivity index (χ4v) is 2.17. The van der Waals surface area contributed by atoms with Crippen molar-refractivity contribution in [2.24, 2.45) is 0 Å². The topological polar surface area (TPSA) is 47.3 Å². The molecule has 0 N–H and O–H groups in total.